The van der Waals surface area contributed by atoms with Gasteiger partial charge in [-0.3, -0.25) is 16.1 Å². The van der Waals surface area contributed by atoms with Crippen molar-refractivity contribution in [2.45, 2.75) is 102 Å². The van der Waals surface area contributed by atoms with Gasteiger partial charge in [0, 0.05) is 47.3 Å². The van der Waals surface area contributed by atoms with Gasteiger partial charge in [0.05, 0.1) is 44.3 Å². The first-order valence-electron chi connectivity index (χ1n) is 17.6. The summed E-state index contributed by atoms with van der Waals surface area (Å²) in [6.45, 7) is 0.136. The molecule has 0 radical (unpaired) electrons. The van der Waals surface area contributed by atoms with Gasteiger partial charge in [-0.05, 0) is 111 Å². The number of aliphatic hydroxyl groups is 5. The van der Waals surface area contributed by atoms with E-state index in [9.17, 15) is 15.0 Å². The number of nitrogen functional groups attached to an aromatic ring is 1. The van der Waals surface area contributed by atoms with Gasteiger partial charge in [0.2, 0.25) is 0 Å². The minimum atomic E-state index is -0.201. The average molecular weight is 704 g/mol. The molecule has 1 heterocycles. The molecule has 10 N–H and O–H groups in total. The molecule has 1 unspecified atom stereocenters. The Balaban J connectivity index is 0.000000159. The van der Waals surface area contributed by atoms with Crippen LogP contribution in [-0.4, -0.2) is 67.4 Å². The topological polar surface area (TPSA) is 206 Å². The first kappa shape index (κ1) is 39.5. The van der Waals surface area contributed by atoms with Gasteiger partial charge < -0.3 is 40.7 Å². The Morgan fingerprint density at radius 3 is 1.84 bits per heavy atom. The Labute approximate surface area is 299 Å². The molecule has 1 aromatic heterocycles. The van der Waals surface area contributed by atoms with Crippen molar-refractivity contribution in [2.24, 2.45) is 10.9 Å². The summed E-state index contributed by atoms with van der Waals surface area (Å²) in [6.07, 6.45) is 7.87. The van der Waals surface area contributed by atoms with Crippen LogP contribution in [0.3, 0.4) is 0 Å². The van der Waals surface area contributed by atoms with E-state index in [4.69, 9.17) is 25.9 Å². The number of nitrogens with one attached hydrogen (secondary N) is 3. The van der Waals surface area contributed by atoms with Crippen LogP contribution in [0.15, 0.2) is 71.8 Å². The Morgan fingerprint density at radius 2 is 1.31 bits per heavy atom. The van der Waals surface area contributed by atoms with Crippen molar-refractivity contribution < 1.29 is 35.1 Å². The number of carbonyl (C=O) groups excluding carboxylic acids is 1. The molecular weight excluding hydrogens is 650 g/mol. The van der Waals surface area contributed by atoms with Crippen molar-refractivity contribution in [3.05, 3.63) is 89.1 Å². The van der Waals surface area contributed by atoms with Crippen LogP contribution < -0.4 is 21.4 Å². The first-order valence-corrected chi connectivity index (χ1v) is 17.6. The third-order valence-corrected chi connectivity index (χ3v) is 9.20. The van der Waals surface area contributed by atoms with E-state index >= 15 is 0 Å². The summed E-state index contributed by atoms with van der Waals surface area (Å²) in [5, 5.41) is 51.1. The zero-order chi connectivity index (χ0) is 36.6. The molecule has 0 saturated heterocycles. The molecule has 2 saturated carbocycles. The number of hydrogen-bond acceptors (Lipinski definition) is 11. The normalized spacial score (nSPS) is 18.5. The lowest BCUT2D eigenvalue weighted by Gasteiger charge is -2.18. The molecule has 51 heavy (non-hydrogen) atoms. The molecule has 0 amide bonds. The number of aromatic nitrogens is 1. The number of fused-ring (bicyclic) bond motifs is 3. The van der Waals surface area contributed by atoms with Crippen LogP contribution in [0.1, 0.15) is 80.2 Å². The van der Waals surface area contributed by atoms with Gasteiger partial charge in [0.15, 0.2) is 0 Å². The fourth-order valence-electron chi connectivity index (χ4n) is 6.01. The van der Waals surface area contributed by atoms with Crippen LogP contribution in [0.25, 0.3) is 10.9 Å². The summed E-state index contributed by atoms with van der Waals surface area (Å²) in [7, 11) is 1.68. The van der Waals surface area contributed by atoms with E-state index in [2.05, 4.69) is 20.9 Å². The Morgan fingerprint density at radius 1 is 0.765 bits per heavy atom. The van der Waals surface area contributed by atoms with Crippen LogP contribution in [0.4, 0.5) is 11.4 Å². The lowest BCUT2D eigenvalue weighted by Crippen LogP contribution is -2.18. The summed E-state index contributed by atoms with van der Waals surface area (Å²) in [5.41, 5.74) is 13.8. The van der Waals surface area contributed by atoms with Crippen LogP contribution in [0.2, 0.25) is 0 Å². The highest BCUT2D eigenvalue weighted by Crippen LogP contribution is 2.31. The third kappa shape index (κ3) is 12.8. The number of aryl methyl sites for hydroxylation is 1. The number of methoxy groups -OCH3 is 1. The second-order valence-electron chi connectivity index (χ2n) is 13.0. The number of ether oxygens (including phenoxy) is 1. The van der Waals surface area contributed by atoms with E-state index < -0.39 is 0 Å². The van der Waals surface area contributed by atoms with Crippen molar-refractivity contribution in [3.63, 3.8) is 0 Å². The summed E-state index contributed by atoms with van der Waals surface area (Å²) < 4.78 is 5.23. The van der Waals surface area contributed by atoms with Crippen LogP contribution in [0, 0.1) is 0 Å². The average Bonchev–Trinajstić information content (AvgIpc) is 3.53. The molecule has 0 spiro atoms. The first-order chi connectivity index (χ1) is 24.7. The molecule has 3 aliphatic carbocycles. The van der Waals surface area contributed by atoms with Crippen molar-refractivity contribution in [1.29, 1.82) is 0 Å². The molecule has 0 bridgehead atoms. The fraction of sp³-hybridized carbons (Fsp3) is 0.436. The lowest BCUT2D eigenvalue weighted by molar-refractivity contribution is -0.122. The number of benzene rings is 3. The number of hydrogen-bond donors (Lipinski definition) is 9. The SMILES string of the molecule is COc1ccc2[nH]c3c(c2c1)CC(O)CC3.NNc1ccc(CO)cc1.O=C1CCC(O)CC1.OCc1ccc(NN=C2CCC(O)CC2)cc1. The molecule has 12 nitrogen and oxygen atoms in total. The summed E-state index contributed by atoms with van der Waals surface area (Å²) in [6, 6.07) is 20.8. The predicted octanol–water partition coefficient (Wildman–Crippen LogP) is 4.86. The molecule has 276 valence electrons. The van der Waals surface area contributed by atoms with Gasteiger partial charge >= 0.3 is 0 Å². The molecule has 3 aliphatic rings. The minimum absolute atomic E-state index is 0.0622. The van der Waals surface area contributed by atoms with Gasteiger partial charge in [-0.15, -0.1) is 0 Å². The van der Waals surface area contributed by atoms with Crippen LogP contribution in [-0.2, 0) is 30.8 Å². The standard InChI is InChI=1S/C13H18N2O2.C13H15NO2.C7H10N2O.C6H10O2/c16-9-10-1-3-11(4-2-10)14-15-12-5-7-13(17)8-6-12;1-16-9-3-5-13-11(7-9)10-6-8(15)2-4-12(10)14-13;8-9-7-3-1-6(5-10)2-4-7;7-5-1-2-6(8)4-3-5/h1-4,13-14,16-17H,5-9H2;3,5,7-8,14-15H,2,4,6H2,1H3;1-4,9-10H,5,8H2;5,7H,1-4H2. The number of anilines is 2. The molecule has 2 fully saturated rings. The van der Waals surface area contributed by atoms with Gasteiger partial charge in [-0.25, -0.2) is 0 Å². The van der Waals surface area contributed by atoms with Crippen LogP contribution in [0.5, 0.6) is 5.75 Å². The number of hydrazone groups is 1. The maximum Gasteiger partial charge on any atom is 0.133 e. The van der Waals surface area contributed by atoms with E-state index in [0.29, 0.717) is 31.5 Å². The molecule has 0 aliphatic heterocycles. The van der Waals surface area contributed by atoms with E-state index in [0.717, 1.165) is 84.4 Å². The lowest BCUT2D eigenvalue weighted by atomic mass is 9.93. The molecule has 3 aromatic carbocycles. The number of nitrogens with two attached hydrogens (primary N) is 1. The van der Waals surface area contributed by atoms with E-state index in [1.807, 2.05) is 66.7 Å². The number of aliphatic hydroxyl groups excluding tert-OH is 5. The zero-order valence-corrected chi connectivity index (χ0v) is 29.4. The van der Waals surface area contributed by atoms with Gasteiger partial charge in [-0.1, -0.05) is 24.3 Å². The minimum Gasteiger partial charge on any atom is -0.497 e. The van der Waals surface area contributed by atoms with E-state index in [1.165, 1.54) is 16.6 Å². The molecule has 7 rings (SSSR count). The largest absolute Gasteiger partial charge is 0.497 e. The van der Waals surface area contributed by atoms with Gasteiger partial charge in [0.25, 0.3) is 0 Å². The molecule has 1 atom stereocenters. The maximum atomic E-state index is 10.5. The van der Waals surface area contributed by atoms with Crippen molar-refractivity contribution in [1.82, 2.24) is 4.98 Å². The summed E-state index contributed by atoms with van der Waals surface area (Å²) in [4.78, 5) is 13.9. The molecule has 4 aromatic rings. The van der Waals surface area contributed by atoms with E-state index in [1.54, 1.807) is 7.11 Å². The fourth-order valence-corrected chi connectivity index (χ4v) is 6.01. The number of Topliss-reactive ketones (excluding diaryl/α,β-unsaturated/α-hetero) is 1. The number of hydrazine groups is 1. The molecule has 12 heteroatoms. The maximum absolute atomic E-state index is 10.5. The molecular formula is C39H53N5O7. The predicted molar refractivity (Wildman–Crippen MR) is 200 cm³/mol. The number of ketones is 1. The highest BCUT2D eigenvalue weighted by atomic mass is 16.5. The smallest absolute Gasteiger partial charge is 0.133 e. The van der Waals surface area contributed by atoms with Gasteiger partial charge in [0.1, 0.15) is 11.5 Å². The Bertz CT molecular complexity index is 1630. The van der Waals surface area contributed by atoms with Crippen molar-refractivity contribution >= 4 is 33.8 Å². The Kier molecular flexibility index (Phi) is 15.9. The van der Waals surface area contributed by atoms with Crippen LogP contribution >= 0.6 is 0 Å². The second kappa shape index (κ2) is 20.5. The monoisotopic (exact) mass is 703 g/mol. The van der Waals surface area contributed by atoms with Gasteiger partial charge in [-0.2, -0.15) is 5.10 Å². The summed E-state index contributed by atoms with van der Waals surface area (Å²) >= 11 is 0. The number of carbonyl (C=O) groups is 1. The summed E-state index contributed by atoms with van der Waals surface area (Å²) in [5.74, 6) is 6.30. The Hall–Kier alpha value is -4.30. The number of rotatable bonds is 6. The highest BCUT2D eigenvalue weighted by Gasteiger charge is 2.21. The van der Waals surface area contributed by atoms with Crippen molar-refractivity contribution in [3.8, 4) is 5.75 Å². The highest BCUT2D eigenvalue weighted by molar-refractivity contribution is 5.86. The third-order valence-electron chi connectivity index (χ3n) is 9.20. The van der Waals surface area contributed by atoms with E-state index in [-0.39, 0.29) is 31.5 Å². The number of aromatic amines is 1. The number of nitrogens with zero attached hydrogens (tertiary/aromatic N) is 1. The second-order valence-corrected chi connectivity index (χ2v) is 13.0. The quantitative estimate of drug-likeness (QED) is 0.0985. The van der Waals surface area contributed by atoms with Crippen molar-refractivity contribution in [2.75, 3.05) is 18.0 Å². The zero-order valence-electron chi connectivity index (χ0n) is 29.4. The number of H-pyrrole nitrogens is 1.